The molecule has 0 bridgehead atoms. The molecule has 0 aromatic heterocycles. The summed E-state index contributed by atoms with van der Waals surface area (Å²) in [6, 6.07) is 15.0. The van der Waals surface area contributed by atoms with Gasteiger partial charge in [0.05, 0.1) is 5.71 Å². The van der Waals surface area contributed by atoms with Crippen LogP contribution in [0, 0.1) is 0 Å². The van der Waals surface area contributed by atoms with Crippen LogP contribution in [-0.4, -0.2) is 17.7 Å². The fraction of sp³-hybridized carbons (Fsp3) is 0.0526. The number of aliphatic imine (C=N–C) groups is 1. The zero-order chi connectivity index (χ0) is 16.9. The van der Waals surface area contributed by atoms with Gasteiger partial charge in [0, 0.05) is 17.2 Å². The van der Waals surface area contributed by atoms with E-state index in [1.165, 1.54) is 0 Å². The molecule has 2 aromatic rings. The van der Waals surface area contributed by atoms with Crippen LogP contribution < -0.4 is 0 Å². The van der Waals surface area contributed by atoms with Crippen molar-refractivity contribution in [2.45, 2.75) is 6.18 Å². The molecule has 0 fully saturated rings. The van der Waals surface area contributed by atoms with Crippen molar-refractivity contribution in [3.8, 4) is 11.1 Å². The molecule has 2 nitrogen and oxygen atoms in total. The van der Waals surface area contributed by atoms with Crippen LogP contribution in [0.3, 0.4) is 0 Å². The van der Waals surface area contributed by atoms with E-state index in [0.29, 0.717) is 17.2 Å². The van der Waals surface area contributed by atoms with Gasteiger partial charge in [0.2, 0.25) is 0 Å². The van der Waals surface area contributed by atoms with Gasteiger partial charge in [0.15, 0.2) is 5.78 Å². The largest absolute Gasteiger partial charge is 0.433 e. The van der Waals surface area contributed by atoms with Crippen molar-refractivity contribution in [1.29, 1.82) is 0 Å². The number of halogens is 3. The van der Waals surface area contributed by atoms with Gasteiger partial charge in [-0.3, -0.25) is 4.79 Å². The second kappa shape index (κ2) is 5.03. The summed E-state index contributed by atoms with van der Waals surface area (Å²) in [7, 11) is 0. The molecule has 0 N–H and O–H groups in total. The first-order valence-corrected chi connectivity index (χ1v) is 7.27. The highest BCUT2D eigenvalue weighted by atomic mass is 19.4. The second-order valence-corrected chi connectivity index (χ2v) is 5.58. The minimum Gasteiger partial charge on any atom is -0.289 e. The summed E-state index contributed by atoms with van der Waals surface area (Å²) in [4.78, 5) is 15.7. The minimum absolute atomic E-state index is 0.0996. The highest BCUT2D eigenvalue weighted by Crippen LogP contribution is 2.37. The number of ketones is 1. The number of fused-ring (bicyclic) bond motifs is 3. The number of hydrogen-bond donors (Lipinski definition) is 0. The van der Waals surface area contributed by atoms with Crippen molar-refractivity contribution in [2.24, 2.45) is 4.99 Å². The van der Waals surface area contributed by atoms with Crippen LogP contribution >= 0.6 is 0 Å². The smallest absolute Gasteiger partial charge is 0.289 e. The van der Waals surface area contributed by atoms with E-state index < -0.39 is 17.7 Å². The molecule has 0 radical (unpaired) electrons. The first-order valence-electron chi connectivity index (χ1n) is 7.27. The summed E-state index contributed by atoms with van der Waals surface area (Å²) in [6.07, 6.45) is -2.50. The summed E-state index contributed by atoms with van der Waals surface area (Å²) in [6.45, 7) is 0. The Morgan fingerprint density at radius 1 is 0.875 bits per heavy atom. The van der Waals surface area contributed by atoms with Crippen LogP contribution in [0.25, 0.3) is 17.2 Å². The van der Waals surface area contributed by atoms with Crippen LogP contribution in [0.2, 0.25) is 0 Å². The topological polar surface area (TPSA) is 29.4 Å². The molecule has 2 aromatic carbocycles. The van der Waals surface area contributed by atoms with E-state index in [9.17, 15) is 18.0 Å². The van der Waals surface area contributed by atoms with E-state index in [2.05, 4.69) is 4.99 Å². The maximum absolute atomic E-state index is 12.9. The summed E-state index contributed by atoms with van der Waals surface area (Å²) < 4.78 is 38.8. The average Bonchev–Trinajstić information content (AvgIpc) is 2.93. The van der Waals surface area contributed by atoms with Gasteiger partial charge in [-0.25, -0.2) is 4.99 Å². The maximum Gasteiger partial charge on any atom is 0.433 e. The Morgan fingerprint density at radius 3 is 2.33 bits per heavy atom. The molecular weight excluding hydrogens is 315 g/mol. The molecule has 24 heavy (non-hydrogen) atoms. The molecule has 0 saturated heterocycles. The molecule has 1 heterocycles. The Morgan fingerprint density at radius 2 is 1.62 bits per heavy atom. The number of hydrogen-bond acceptors (Lipinski definition) is 2. The summed E-state index contributed by atoms with van der Waals surface area (Å²) >= 11 is 0. The van der Waals surface area contributed by atoms with Crippen molar-refractivity contribution in [3.05, 3.63) is 77.0 Å². The summed E-state index contributed by atoms with van der Waals surface area (Å²) in [5.41, 5.74) is 2.22. The summed E-state index contributed by atoms with van der Waals surface area (Å²) in [5.74, 6) is -0.662. The van der Waals surface area contributed by atoms with Gasteiger partial charge in [-0.05, 0) is 28.8 Å². The minimum atomic E-state index is -4.64. The number of carbonyl (C=O) groups is 1. The third-order valence-corrected chi connectivity index (χ3v) is 4.03. The van der Waals surface area contributed by atoms with Crippen LogP contribution in [0.5, 0.6) is 0 Å². The van der Waals surface area contributed by atoms with Crippen molar-refractivity contribution in [1.82, 2.24) is 0 Å². The van der Waals surface area contributed by atoms with Crippen molar-refractivity contribution >= 4 is 17.6 Å². The number of alkyl halides is 3. The quantitative estimate of drug-likeness (QED) is 0.755. The van der Waals surface area contributed by atoms with Crippen LogP contribution in [0.15, 0.2) is 70.9 Å². The zero-order valence-corrected chi connectivity index (χ0v) is 12.3. The van der Waals surface area contributed by atoms with Gasteiger partial charge in [-0.1, -0.05) is 42.5 Å². The molecular formula is C19H10F3NO. The van der Waals surface area contributed by atoms with E-state index >= 15 is 0 Å². The molecule has 0 unspecified atom stereocenters. The fourth-order valence-corrected chi connectivity index (χ4v) is 2.87. The monoisotopic (exact) mass is 325 g/mol. The lowest BCUT2D eigenvalue weighted by Crippen LogP contribution is -2.21. The fourth-order valence-electron chi connectivity index (χ4n) is 2.87. The Balaban J connectivity index is 1.85. The molecule has 0 amide bonds. The van der Waals surface area contributed by atoms with Gasteiger partial charge in [0.1, 0.15) is 5.70 Å². The van der Waals surface area contributed by atoms with E-state index in [-0.39, 0.29) is 11.3 Å². The molecule has 1 aliphatic carbocycles. The maximum atomic E-state index is 12.9. The van der Waals surface area contributed by atoms with Gasteiger partial charge in [-0.15, -0.1) is 0 Å². The highest BCUT2D eigenvalue weighted by molar-refractivity contribution is 6.38. The number of rotatable bonds is 1. The Bertz CT molecular complexity index is 950. The normalized spacial score (nSPS) is 16.1. The first kappa shape index (κ1) is 14.6. The Labute approximate surface area is 135 Å². The molecule has 0 saturated carbocycles. The lowest BCUT2D eigenvalue weighted by Gasteiger charge is -2.14. The predicted octanol–water partition coefficient (Wildman–Crippen LogP) is 4.57. The number of nitrogens with zero attached hydrogens (tertiary/aromatic N) is 1. The lowest BCUT2D eigenvalue weighted by molar-refractivity contribution is -0.113. The zero-order valence-electron chi connectivity index (χ0n) is 12.3. The molecule has 118 valence electrons. The Hall–Kier alpha value is -2.95. The average molecular weight is 325 g/mol. The summed E-state index contributed by atoms with van der Waals surface area (Å²) in [5, 5.41) is 0. The van der Waals surface area contributed by atoms with Crippen molar-refractivity contribution in [3.63, 3.8) is 0 Å². The SMILES string of the molecule is O=C1C=C(C(F)(F)F)N=C2C1=Cc1ccc(-c3ccccc3)cc12. The molecule has 0 atom stereocenters. The molecule has 4 rings (SSSR count). The van der Waals surface area contributed by atoms with Gasteiger partial charge in [-0.2, -0.15) is 13.2 Å². The third kappa shape index (κ3) is 2.29. The van der Waals surface area contributed by atoms with Crippen LogP contribution in [0.4, 0.5) is 13.2 Å². The predicted molar refractivity (Wildman–Crippen MR) is 85.5 cm³/mol. The van der Waals surface area contributed by atoms with Crippen molar-refractivity contribution in [2.75, 3.05) is 0 Å². The van der Waals surface area contributed by atoms with Crippen LogP contribution in [0.1, 0.15) is 11.1 Å². The van der Waals surface area contributed by atoms with E-state index in [1.807, 2.05) is 36.4 Å². The lowest BCUT2D eigenvalue weighted by atomic mass is 9.97. The highest BCUT2D eigenvalue weighted by Gasteiger charge is 2.39. The van der Waals surface area contributed by atoms with E-state index in [0.717, 1.165) is 11.1 Å². The number of benzene rings is 2. The van der Waals surface area contributed by atoms with Crippen LogP contribution in [-0.2, 0) is 4.79 Å². The van der Waals surface area contributed by atoms with Gasteiger partial charge < -0.3 is 0 Å². The molecule has 1 aliphatic heterocycles. The first-order chi connectivity index (χ1) is 11.4. The van der Waals surface area contributed by atoms with Gasteiger partial charge >= 0.3 is 6.18 Å². The number of allylic oxidation sites excluding steroid dienone is 3. The third-order valence-electron chi connectivity index (χ3n) is 4.03. The standard InChI is InChI=1S/C19H10F3NO/c20-19(21,22)17-10-16(24)15-9-13-7-6-12(8-14(13)18(15)23-17)11-4-2-1-3-5-11/h1-10H. The number of carbonyl (C=O) groups excluding carboxylic acids is 1. The van der Waals surface area contributed by atoms with Gasteiger partial charge in [0.25, 0.3) is 0 Å². The molecule has 2 aliphatic rings. The van der Waals surface area contributed by atoms with Crippen molar-refractivity contribution < 1.29 is 18.0 Å². The van der Waals surface area contributed by atoms with E-state index in [1.54, 1.807) is 18.2 Å². The molecule has 5 heteroatoms. The van der Waals surface area contributed by atoms with E-state index in [4.69, 9.17) is 0 Å². The molecule has 0 spiro atoms. The Kier molecular flexibility index (Phi) is 3.06. The second-order valence-electron chi connectivity index (χ2n) is 5.58.